The zero-order valence-electron chi connectivity index (χ0n) is 13.5. The van der Waals surface area contributed by atoms with E-state index in [1.165, 1.54) is 23.5 Å². The molecule has 0 aliphatic rings. The quantitative estimate of drug-likeness (QED) is 0.371. The second kappa shape index (κ2) is 7.94. The zero-order chi connectivity index (χ0) is 18.5. The Labute approximate surface area is 158 Å². The number of thiazole rings is 1. The first-order valence-corrected chi connectivity index (χ1v) is 8.65. The Balaban J connectivity index is 1.71. The van der Waals surface area contributed by atoms with E-state index in [0.29, 0.717) is 15.9 Å². The number of hydrogen-bond donors (Lipinski definition) is 1. The van der Waals surface area contributed by atoms with Crippen LogP contribution >= 0.6 is 22.9 Å². The van der Waals surface area contributed by atoms with Gasteiger partial charge in [-0.1, -0.05) is 11.6 Å². The molecule has 1 aromatic heterocycles. The lowest BCUT2D eigenvalue weighted by Gasteiger charge is -2.06. The summed E-state index contributed by atoms with van der Waals surface area (Å²) in [6.45, 7) is 0. The Morgan fingerprint density at radius 3 is 2.77 bits per heavy atom. The highest BCUT2D eigenvalue weighted by atomic mass is 35.5. The van der Waals surface area contributed by atoms with Crippen LogP contribution < -0.4 is 10.2 Å². The SMILES string of the molecule is COc1ccc(Cl)cc1-c1csc(N/N=C/c2ccc([N+](=O)[O-])cc2)n1. The maximum Gasteiger partial charge on any atom is 0.269 e. The Bertz CT molecular complexity index is 957. The minimum Gasteiger partial charge on any atom is -0.496 e. The molecule has 0 saturated carbocycles. The molecule has 0 radical (unpaired) electrons. The number of non-ortho nitro benzene ring substituents is 1. The van der Waals surface area contributed by atoms with Crippen LogP contribution in [0.15, 0.2) is 52.9 Å². The molecular formula is C17H13ClN4O3S. The fraction of sp³-hybridized carbons (Fsp3) is 0.0588. The fourth-order valence-electron chi connectivity index (χ4n) is 2.17. The van der Waals surface area contributed by atoms with E-state index >= 15 is 0 Å². The monoisotopic (exact) mass is 388 g/mol. The van der Waals surface area contributed by atoms with Crippen LogP contribution in [0.3, 0.4) is 0 Å². The summed E-state index contributed by atoms with van der Waals surface area (Å²) in [5.41, 5.74) is 5.13. The summed E-state index contributed by atoms with van der Waals surface area (Å²) < 4.78 is 5.34. The first-order valence-electron chi connectivity index (χ1n) is 7.40. The number of rotatable bonds is 6. The number of benzene rings is 2. The predicted octanol–water partition coefficient (Wildman–Crippen LogP) is 4.83. The molecule has 0 bridgehead atoms. The van der Waals surface area contributed by atoms with Crippen molar-refractivity contribution in [3.05, 3.63) is 68.5 Å². The molecule has 0 unspecified atom stereocenters. The van der Waals surface area contributed by atoms with E-state index in [2.05, 4.69) is 15.5 Å². The van der Waals surface area contributed by atoms with Gasteiger partial charge in [0.2, 0.25) is 5.13 Å². The number of nitrogens with one attached hydrogen (secondary N) is 1. The standard InChI is InChI=1S/C17H13ClN4O3S/c1-25-16-7-4-12(18)8-14(16)15-10-26-17(20-15)21-19-9-11-2-5-13(6-3-11)22(23)24/h2-10H,1H3,(H,20,21)/b19-9+. The number of halogens is 1. The van der Waals surface area contributed by atoms with E-state index in [9.17, 15) is 10.1 Å². The molecule has 26 heavy (non-hydrogen) atoms. The average Bonchev–Trinajstić information content (AvgIpc) is 3.11. The summed E-state index contributed by atoms with van der Waals surface area (Å²) in [4.78, 5) is 14.7. The number of anilines is 1. The van der Waals surface area contributed by atoms with Crippen LogP contribution in [0, 0.1) is 10.1 Å². The van der Waals surface area contributed by atoms with Gasteiger partial charge in [0.15, 0.2) is 0 Å². The number of nitro benzene ring substituents is 1. The topological polar surface area (TPSA) is 89.6 Å². The zero-order valence-corrected chi connectivity index (χ0v) is 15.1. The normalized spacial score (nSPS) is 10.8. The molecule has 2 aromatic carbocycles. The summed E-state index contributed by atoms with van der Waals surface area (Å²) >= 11 is 7.44. The van der Waals surface area contributed by atoms with E-state index in [-0.39, 0.29) is 5.69 Å². The third-order valence-corrected chi connectivity index (χ3v) is 4.40. The molecule has 0 saturated heterocycles. The first kappa shape index (κ1) is 17.8. The third-order valence-electron chi connectivity index (χ3n) is 3.42. The molecule has 0 fully saturated rings. The summed E-state index contributed by atoms with van der Waals surface area (Å²) in [5.74, 6) is 0.681. The largest absolute Gasteiger partial charge is 0.496 e. The van der Waals surface area contributed by atoms with Gasteiger partial charge in [-0.25, -0.2) is 4.98 Å². The number of nitrogens with zero attached hydrogens (tertiary/aromatic N) is 3. The smallest absolute Gasteiger partial charge is 0.269 e. The summed E-state index contributed by atoms with van der Waals surface area (Å²) in [5, 5.41) is 17.8. The summed E-state index contributed by atoms with van der Waals surface area (Å²) in [7, 11) is 1.59. The molecule has 0 spiro atoms. The van der Waals surface area contributed by atoms with Crippen molar-refractivity contribution in [1.82, 2.24) is 4.98 Å². The second-order valence-corrected chi connectivity index (χ2v) is 6.40. The molecule has 9 heteroatoms. The molecule has 7 nitrogen and oxygen atoms in total. The number of methoxy groups -OCH3 is 1. The summed E-state index contributed by atoms with van der Waals surface area (Å²) in [6.07, 6.45) is 1.56. The van der Waals surface area contributed by atoms with Crippen molar-refractivity contribution in [2.45, 2.75) is 0 Å². The van der Waals surface area contributed by atoms with E-state index < -0.39 is 4.92 Å². The van der Waals surface area contributed by atoms with Crippen LogP contribution in [0.2, 0.25) is 5.02 Å². The van der Waals surface area contributed by atoms with Gasteiger partial charge in [-0.05, 0) is 35.9 Å². The highest BCUT2D eigenvalue weighted by Gasteiger charge is 2.10. The van der Waals surface area contributed by atoms with Crippen LogP contribution in [0.1, 0.15) is 5.56 Å². The number of nitro groups is 1. The minimum absolute atomic E-state index is 0.0372. The predicted molar refractivity (Wildman–Crippen MR) is 103 cm³/mol. The van der Waals surface area contributed by atoms with Crippen molar-refractivity contribution in [2.24, 2.45) is 5.10 Å². The summed E-state index contributed by atoms with van der Waals surface area (Å²) in [6, 6.07) is 11.4. The number of aromatic nitrogens is 1. The van der Waals surface area contributed by atoms with Crippen molar-refractivity contribution in [3.63, 3.8) is 0 Å². The van der Waals surface area contributed by atoms with Gasteiger partial charge in [0.05, 0.1) is 23.9 Å². The Kier molecular flexibility index (Phi) is 5.45. The molecule has 0 amide bonds. The highest BCUT2D eigenvalue weighted by Crippen LogP contribution is 2.34. The molecule has 0 aliphatic carbocycles. The lowest BCUT2D eigenvalue weighted by molar-refractivity contribution is -0.384. The number of hydrazone groups is 1. The van der Waals surface area contributed by atoms with Gasteiger partial charge in [-0.3, -0.25) is 15.5 Å². The first-order chi connectivity index (χ1) is 12.6. The van der Waals surface area contributed by atoms with E-state index in [1.54, 1.807) is 43.7 Å². The van der Waals surface area contributed by atoms with E-state index in [4.69, 9.17) is 16.3 Å². The van der Waals surface area contributed by atoms with E-state index in [1.807, 2.05) is 5.38 Å². The minimum atomic E-state index is -0.444. The van der Waals surface area contributed by atoms with Gasteiger partial charge >= 0.3 is 0 Å². The molecular weight excluding hydrogens is 376 g/mol. The Hall–Kier alpha value is -2.97. The molecule has 1 N–H and O–H groups in total. The van der Waals surface area contributed by atoms with Gasteiger partial charge in [-0.15, -0.1) is 11.3 Å². The van der Waals surface area contributed by atoms with Gasteiger partial charge < -0.3 is 4.74 Å². The molecule has 0 atom stereocenters. The van der Waals surface area contributed by atoms with Crippen LogP contribution in [-0.2, 0) is 0 Å². The molecule has 0 aliphatic heterocycles. The van der Waals surface area contributed by atoms with Crippen LogP contribution in [-0.4, -0.2) is 23.2 Å². The van der Waals surface area contributed by atoms with Gasteiger partial charge in [0.1, 0.15) is 5.75 Å². The van der Waals surface area contributed by atoms with Gasteiger partial charge in [0.25, 0.3) is 5.69 Å². The third kappa shape index (κ3) is 4.16. The lowest BCUT2D eigenvalue weighted by Crippen LogP contribution is -1.92. The number of ether oxygens (including phenoxy) is 1. The maximum atomic E-state index is 10.6. The molecule has 3 rings (SSSR count). The molecule has 1 heterocycles. The van der Waals surface area contributed by atoms with Crippen molar-refractivity contribution >= 4 is 40.0 Å². The van der Waals surface area contributed by atoms with Gasteiger partial charge in [0, 0.05) is 28.1 Å². The molecule has 132 valence electrons. The average molecular weight is 389 g/mol. The molecule has 3 aromatic rings. The lowest BCUT2D eigenvalue weighted by atomic mass is 10.1. The van der Waals surface area contributed by atoms with Gasteiger partial charge in [-0.2, -0.15) is 5.10 Å². The Morgan fingerprint density at radius 1 is 1.31 bits per heavy atom. The van der Waals surface area contributed by atoms with Crippen LogP contribution in [0.25, 0.3) is 11.3 Å². The highest BCUT2D eigenvalue weighted by molar-refractivity contribution is 7.14. The fourth-order valence-corrected chi connectivity index (χ4v) is 3.00. The number of hydrogen-bond acceptors (Lipinski definition) is 7. The van der Waals surface area contributed by atoms with Crippen molar-refractivity contribution in [1.29, 1.82) is 0 Å². The van der Waals surface area contributed by atoms with Crippen molar-refractivity contribution in [2.75, 3.05) is 12.5 Å². The second-order valence-electron chi connectivity index (χ2n) is 5.10. The van der Waals surface area contributed by atoms with Crippen LogP contribution in [0.4, 0.5) is 10.8 Å². The van der Waals surface area contributed by atoms with E-state index in [0.717, 1.165) is 16.8 Å². The van der Waals surface area contributed by atoms with Crippen molar-refractivity contribution in [3.8, 4) is 17.0 Å². The Morgan fingerprint density at radius 2 is 2.08 bits per heavy atom. The van der Waals surface area contributed by atoms with Crippen molar-refractivity contribution < 1.29 is 9.66 Å². The maximum absolute atomic E-state index is 10.6. The van der Waals surface area contributed by atoms with Crippen LogP contribution in [0.5, 0.6) is 5.75 Å².